The predicted octanol–water partition coefficient (Wildman–Crippen LogP) is 4.26. The van der Waals surface area contributed by atoms with Gasteiger partial charge in [-0.25, -0.2) is 0 Å². The average molecular weight is 833 g/mol. The summed E-state index contributed by atoms with van der Waals surface area (Å²) >= 11 is 2.42. The van der Waals surface area contributed by atoms with Crippen molar-refractivity contribution in [1.82, 2.24) is 0 Å². The first kappa shape index (κ1) is 47.3. The van der Waals surface area contributed by atoms with E-state index in [2.05, 4.69) is 22.6 Å². The molecule has 0 aliphatic carbocycles. The highest BCUT2D eigenvalue weighted by Crippen LogP contribution is 2.07. The van der Waals surface area contributed by atoms with Crippen LogP contribution < -0.4 is 4.74 Å². The maximum atomic E-state index is 5.56. The maximum Gasteiger partial charge on any atom is 0.119 e. The SMILES string of the molecule is ICCCCCCOCCOCCOCCOCCOCCOCCOCCOCCOCCOCCOCCOCCOc1ccccc1. The van der Waals surface area contributed by atoms with Crippen molar-refractivity contribution >= 4 is 22.6 Å². The summed E-state index contributed by atoms with van der Waals surface area (Å²) in [6.07, 6.45) is 4.97. The lowest BCUT2D eigenvalue weighted by atomic mass is 10.2. The van der Waals surface area contributed by atoms with Crippen LogP contribution in [0.5, 0.6) is 5.75 Å². The van der Waals surface area contributed by atoms with E-state index in [1.807, 2.05) is 30.3 Å². The lowest BCUT2D eigenvalue weighted by Gasteiger charge is -2.09. The molecule has 13 nitrogen and oxygen atoms in total. The van der Waals surface area contributed by atoms with Crippen LogP contribution in [0.2, 0.25) is 0 Å². The number of ether oxygens (including phenoxy) is 13. The minimum absolute atomic E-state index is 0.511. The second-order valence-corrected chi connectivity index (χ2v) is 11.7. The monoisotopic (exact) mass is 832 g/mol. The summed E-state index contributed by atoms with van der Waals surface area (Å²) in [6.45, 7) is 13.6. The number of rotatable bonds is 43. The van der Waals surface area contributed by atoms with Crippen molar-refractivity contribution in [3.8, 4) is 5.75 Å². The molecule has 1 aromatic rings. The van der Waals surface area contributed by atoms with E-state index in [0.717, 1.165) is 18.8 Å². The molecule has 0 aliphatic rings. The summed E-state index contributed by atoms with van der Waals surface area (Å²) in [4.78, 5) is 0. The van der Waals surface area contributed by atoms with E-state index in [-0.39, 0.29) is 0 Å². The van der Waals surface area contributed by atoms with Crippen molar-refractivity contribution < 1.29 is 61.6 Å². The quantitative estimate of drug-likeness (QED) is 0.0531. The van der Waals surface area contributed by atoms with Gasteiger partial charge in [0.05, 0.1) is 152 Å². The molecule has 0 heterocycles. The number of hydrogen-bond acceptors (Lipinski definition) is 13. The van der Waals surface area contributed by atoms with Gasteiger partial charge in [-0.1, -0.05) is 53.6 Å². The van der Waals surface area contributed by atoms with Crippen molar-refractivity contribution in [1.29, 1.82) is 0 Å². The Labute approximate surface area is 314 Å². The van der Waals surface area contributed by atoms with Crippen molar-refractivity contribution in [2.45, 2.75) is 25.7 Å². The van der Waals surface area contributed by atoms with Gasteiger partial charge in [-0.05, 0) is 29.4 Å². The van der Waals surface area contributed by atoms with E-state index in [1.165, 1.54) is 23.7 Å². The molecule has 0 fully saturated rings. The zero-order chi connectivity index (χ0) is 35.5. The molecule has 0 aromatic heterocycles. The second kappa shape index (κ2) is 42.7. The van der Waals surface area contributed by atoms with Crippen LogP contribution in [0.25, 0.3) is 0 Å². The van der Waals surface area contributed by atoms with Gasteiger partial charge in [0.1, 0.15) is 12.4 Å². The van der Waals surface area contributed by atoms with Gasteiger partial charge in [0.2, 0.25) is 0 Å². The molecule has 0 bridgehead atoms. The van der Waals surface area contributed by atoms with Crippen LogP contribution in [0.4, 0.5) is 0 Å². The van der Waals surface area contributed by atoms with E-state index in [4.69, 9.17) is 61.6 Å². The normalized spacial score (nSPS) is 11.5. The van der Waals surface area contributed by atoms with Crippen molar-refractivity contribution in [2.24, 2.45) is 0 Å². The van der Waals surface area contributed by atoms with Crippen LogP contribution in [0.1, 0.15) is 25.7 Å². The number of halogens is 1. The summed E-state index contributed by atoms with van der Waals surface area (Å²) in [6, 6.07) is 9.68. The van der Waals surface area contributed by atoms with Gasteiger partial charge in [0, 0.05) is 6.61 Å². The zero-order valence-electron chi connectivity index (χ0n) is 30.3. The molecule has 14 heteroatoms. The fourth-order valence-electron chi connectivity index (χ4n) is 3.91. The third-order valence-electron chi connectivity index (χ3n) is 6.50. The number of hydrogen-bond donors (Lipinski definition) is 0. The first-order valence-electron chi connectivity index (χ1n) is 18.1. The second-order valence-electron chi connectivity index (χ2n) is 10.6. The molecule has 0 saturated heterocycles. The summed E-state index contributed by atoms with van der Waals surface area (Å²) in [7, 11) is 0. The third-order valence-corrected chi connectivity index (χ3v) is 7.27. The van der Waals surface area contributed by atoms with Crippen LogP contribution in [-0.2, 0) is 56.8 Å². The van der Waals surface area contributed by atoms with Crippen molar-refractivity contribution in [2.75, 3.05) is 170 Å². The fourth-order valence-corrected chi connectivity index (χ4v) is 4.45. The van der Waals surface area contributed by atoms with E-state index in [9.17, 15) is 0 Å². The Bertz CT molecular complexity index is 754. The Morgan fingerprint density at radius 3 is 0.840 bits per heavy atom. The Morgan fingerprint density at radius 1 is 0.280 bits per heavy atom. The third kappa shape index (κ3) is 38.5. The van der Waals surface area contributed by atoms with Gasteiger partial charge in [-0.15, -0.1) is 0 Å². The molecular weight excluding hydrogens is 767 g/mol. The number of benzene rings is 1. The van der Waals surface area contributed by atoms with Gasteiger partial charge in [-0.2, -0.15) is 0 Å². The summed E-state index contributed by atoms with van der Waals surface area (Å²) in [5.74, 6) is 0.845. The summed E-state index contributed by atoms with van der Waals surface area (Å²) in [5.41, 5.74) is 0. The van der Waals surface area contributed by atoms with Crippen LogP contribution in [0.15, 0.2) is 30.3 Å². The van der Waals surface area contributed by atoms with Crippen molar-refractivity contribution in [3.05, 3.63) is 30.3 Å². The highest BCUT2D eigenvalue weighted by molar-refractivity contribution is 14.1. The number of unbranched alkanes of at least 4 members (excludes halogenated alkanes) is 3. The Balaban J connectivity index is 1.60. The molecule has 0 spiro atoms. The van der Waals surface area contributed by atoms with Gasteiger partial charge in [-0.3, -0.25) is 0 Å². The van der Waals surface area contributed by atoms with Crippen molar-refractivity contribution in [3.63, 3.8) is 0 Å². The van der Waals surface area contributed by atoms with Crippen LogP contribution in [-0.4, -0.2) is 170 Å². The topological polar surface area (TPSA) is 120 Å². The molecule has 1 aromatic carbocycles. The fraction of sp³-hybridized carbons (Fsp3) is 0.833. The lowest BCUT2D eigenvalue weighted by molar-refractivity contribution is -0.0285. The molecule has 294 valence electrons. The maximum absolute atomic E-state index is 5.56. The smallest absolute Gasteiger partial charge is 0.119 e. The minimum atomic E-state index is 0.511. The molecule has 0 unspecified atom stereocenters. The number of alkyl halides is 1. The minimum Gasteiger partial charge on any atom is -0.491 e. The molecule has 0 amide bonds. The first-order chi connectivity index (χ1) is 24.9. The Morgan fingerprint density at radius 2 is 0.540 bits per heavy atom. The van der Waals surface area contributed by atoms with E-state index < -0.39 is 0 Å². The van der Waals surface area contributed by atoms with Gasteiger partial charge in [0.25, 0.3) is 0 Å². The lowest BCUT2D eigenvalue weighted by Crippen LogP contribution is -2.15. The molecule has 0 atom stereocenters. The van der Waals surface area contributed by atoms with E-state index in [0.29, 0.717) is 159 Å². The average Bonchev–Trinajstić information content (AvgIpc) is 3.14. The molecule has 0 aliphatic heterocycles. The largest absolute Gasteiger partial charge is 0.491 e. The molecule has 50 heavy (non-hydrogen) atoms. The van der Waals surface area contributed by atoms with Gasteiger partial charge in [0.15, 0.2) is 0 Å². The molecule has 0 N–H and O–H groups in total. The first-order valence-corrected chi connectivity index (χ1v) is 19.6. The number of para-hydroxylation sites is 1. The van der Waals surface area contributed by atoms with E-state index in [1.54, 1.807) is 0 Å². The molecule has 0 radical (unpaired) electrons. The highest BCUT2D eigenvalue weighted by Gasteiger charge is 1.98. The van der Waals surface area contributed by atoms with E-state index >= 15 is 0 Å². The molecule has 0 saturated carbocycles. The summed E-state index contributed by atoms with van der Waals surface area (Å²) < 4.78 is 72.8. The zero-order valence-corrected chi connectivity index (χ0v) is 32.4. The summed E-state index contributed by atoms with van der Waals surface area (Å²) in [5, 5.41) is 0. The van der Waals surface area contributed by atoms with Gasteiger partial charge < -0.3 is 61.6 Å². The molecular formula is C36H65IO13. The Hall–Kier alpha value is -0.730. The van der Waals surface area contributed by atoms with Crippen LogP contribution in [0, 0.1) is 0 Å². The highest BCUT2D eigenvalue weighted by atomic mass is 127. The standard InChI is InChI=1S/C36H65IO13/c37-10-6-1-2-7-11-38-12-13-39-14-15-40-16-17-41-18-19-42-20-21-43-22-23-44-24-25-45-26-27-46-28-29-47-30-31-48-32-33-49-34-35-50-36-8-4-3-5-9-36/h3-5,8-9H,1-2,6-7,10-35H2. The predicted molar refractivity (Wildman–Crippen MR) is 199 cm³/mol. The molecule has 1 rings (SSSR count). The van der Waals surface area contributed by atoms with Gasteiger partial charge >= 0.3 is 0 Å². The van der Waals surface area contributed by atoms with Crippen LogP contribution >= 0.6 is 22.6 Å². The Kier molecular flexibility index (Phi) is 40.4. The van der Waals surface area contributed by atoms with Crippen LogP contribution in [0.3, 0.4) is 0 Å².